The van der Waals surface area contributed by atoms with Crippen molar-refractivity contribution in [2.24, 2.45) is 0 Å². The van der Waals surface area contributed by atoms with Crippen LogP contribution in [0.25, 0.3) is 21.5 Å². The molecule has 2 heterocycles. The molecule has 1 amide bonds. The van der Waals surface area contributed by atoms with E-state index in [0.717, 1.165) is 22.3 Å². The van der Waals surface area contributed by atoms with Gasteiger partial charge in [-0.05, 0) is 17.7 Å². The Hall–Kier alpha value is -2.57. The molecule has 2 aromatic heterocycles. The van der Waals surface area contributed by atoms with Crippen LogP contribution < -0.4 is 5.32 Å². The van der Waals surface area contributed by atoms with Gasteiger partial charge in [0.25, 0.3) is 5.91 Å². The lowest BCUT2D eigenvalue weighted by Crippen LogP contribution is -2.11. The second-order valence-electron chi connectivity index (χ2n) is 5.57. The smallest absolute Gasteiger partial charge is 0.286 e. The molecular weight excluding hydrogens is 338 g/mol. The van der Waals surface area contributed by atoms with Crippen LogP contribution in [0.15, 0.2) is 48.5 Å². The summed E-state index contributed by atoms with van der Waals surface area (Å²) in [6.45, 7) is 0. The molecule has 2 aromatic carbocycles. The number of carbonyl (C=O) groups is 1. The van der Waals surface area contributed by atoms with Crippen LogP contribution >= 0.6 is 22.7 Å². The van der Waals surface area contributed by atoms with Crippen molar-refractivity contribution in [3.05, 3.63) is 64.0 Å². The Morgan fingerprint density at radius 2 is 1.83 bits per heavy atom. The number of carbonyl (C=O) groups excluding carboxylic acids is 1. The molecule has 0 spiro atoms. The lowest BCUT2D eigenvalue weighted by Gasteiger charge is -1.99. The van der Waals surface area contributed by atoms with Gasteiger partial charge in [-0.2, -0.15) is 0 Å². The molecule has 0 saturated carbocycles. The predicted octanol–water partition coefficient (Wildman–Crippen LogP) is 4.58. The van der Waals surface area contributed by atoms with Crippen molar-refractivity contribution in [2.45, 2.75) is 6.42 Å². The molecular formula is C18H11N3OS2. The average Bonchev–Trinajstić information content (AvgIpc) is 3.26. The number of thiazole rings is 2. The van der Waals surface area contributed by atoms with E-state index in [-0.39, 0.29) is 5.91 Å². The molecule has 6 heteroatoms. The van der Waals surface area contributed by atoms with E-state index in [9.17, 15) is 4.79 Å². The zero-order valence-corrected chi connectivity index (χ0v) is 14.1. The standard InChI is InChI=1S/C18H11N3OS2/c22-16(17-19-12-7-3-4-8-13(12)23-17)21-18-20-15-11-6-2-1-5-10(11)9-14(15)24-18/h1-8H,9H2,(H,20,21,22). The molecule has 0 radical (unpaired) electrons. The number of nitrogens with one attached hydrogen (secondary N) is 1. The van der Waals surface area contributed by atoms with Crippen molar-refractivity contribution in [1.82, 2.24) is 9.97 Å². The second-order valence-corrected chi connectivity index (χ2v) is 7.68. The highest BCUT2D eigenvalue weighted by Crippen LogP contribution is 2.40. The normalized spacial score (nSPS) is 12.2. The lowest BCUT2D eigenvalue weighted by molar-refractivity contribution is 0.102. The van der Waals surface area contributed by atoms with E-state index in [1.807, 2.05) is 36.4 Å². The first-order chi connectivity index (χ1) is 11.8. The number of fused-ring (bicyclic) bond motifs is 4. The van der Waals surface area contributed by atoms with Crippen LogP contribution in [-0.4, -0.2) is 15.9 Å². The number of hydrogen-bond acceptors (Lipinski definition) is 5. The van der Waals surface area contributed by atoms with E-state index in [4.69, 9.17) is 0 Å². The van der Waals surface area contributed by atoms with Gasteiger partial charge in [0.05, 0.1) is 15.9 Å². The monoisotopic (exact) mass is 349 g/mol. The van der Waals surface area contributed by atoms with Gasteiger partial charge in [-0.1, -0.05) is 36.4 Å². The number of hydrogen-bond donors (Lipinski definition) is 1. The molecule has 4 aromatic rings. The van der Waals surface area contributed by atoms with Crippen molar-refractivity contribution in [2.75, 3.05) is 5.32 Å². The first-order valence-electron chi connectivity index (χ1n) is 7.53. The predicted molar refractivity (Wildman–Crippen MR) is 97.9 cm³/mol. The Balaban J connectivity index is 1.44. The molecule has 0 fully saturated rings. The second kappa shape index (κ2) is 5.22. The largest absolute Gasteiger partial charge is 0.296 e. The summed E-state index contributed by atoms with van der Waals surface area (Å²) in [4.78, 5) is 22.7. The third-order valence-corrected chi connectivity index (χ3v) is 6.04. The van der Waals surface area contributed by atoms with Gasteiger partial charge in [-0.25, -0.2) is 9.97 Å². The third kappa shape index (κ3) is 2.15. The van der Waals surface area contributed by atoms with Crippen LogP contribution in [0.3, 0.4) is 0 Å². The summed E-state index contributed by atoms with van der Waals surface area (Å²) in [5.74, 6) is -0.197. The van der Waals surface area contributed by atoms with Crippen molar-refractivity contribution < 1.29 is 4.79 Å². The first kappa shape index (κ1) is 13.8. The number of rotatable bonds is 2. The minimum atomic E-state index is -0.197. The fraction of sp³-hybridized carbons (Fsp3) is 0.0556. The van der Waals surface area contributed by atoms with E-state index in [0.29, 0.717) is 10.1 Å². The highest BCUT2D eigenvalue weighted by molar-refractivity contribution is 7.20. The van der Waals surface area contributed by atoms with Crippen molar-refractivity contribution >= 4 is 43.9 Å². The molecule has 116 valence electrons. The molecule has 0 atom stereocenters. The Labute approximate surface area is 145 Å². The number of para-hydroxylation sites is 1. The molecule has 0 unspecified atom stereocenters. The fourth-order valence-corrected chi connectivity index (χ4v) is 4.79. The molecule has 1 aliphatic carbocycles. The first-order valence-corrected chi connectivity index (χ1v) is 9.16. The highest BCUT2D eigenvalue weighted by Gasteiger charge is 2.24. The number of benzene rings is 2. The van der Waals surface area contributed by atoms with Crippen molar-refractivity contribution in [3.8, 4) is 11.3 Å². The van der Waals surface area contributed by atoms with Gasteiger partial charge in [-0.3, -0.25) is 10.1 Å². The van der Waals surface area contributed by atoms with Gasteiger partial charge >= 0.3 is 0 Å². The molecule has 5 rings (SSSR count). The number of amides is 1. The average molecular weight is 349 g/mol. The molecule has 0 bridgehead atoms. The van der Waals surface area contributed by atoms with Crippen LogP contribution in [0.2, 0.25) is 0 Å². The SMILES string of the molecule is O=C(Nc1nc2c(s1)Cc1ccccc1-2)c1nc2ccccc2s1. The summed E-state index contributed by atoms with van der Waals surface area (Å²) >= 11 is 2.94. The molecule has 1 N–H and O–H groups in total. The summed E-state index contributed by atoms with van der Waals surface area (Å²) in [6, 6.07) is 16.0. The zero-order chi connectivity index (χ0) is 16.1. The molecule has 0 aliphatic heterocycles. The number of nitrogens with zero attached hydrogens (tertiary/aromatic N) is 2. The Kier molecular flexibility index (Phi) is 3.01. The van der Waals surface area contributed by atoms with Crippen LogP contribution in [-0.2, 0) is 6.42 Å². The van der Waals surface area contributed by atoms with Gasteiger partial charge in [-0.15, -0.1) is 22.7 Å². The van der Waals surface area contributed by atoms with E-state index < -0.39 is 0 Å². The quantitative estimate of drug-likeness (QED) is 0.508. The highest BCUT2D eigenvalue weighted by atomic mass is 32.1. The van der Waals surface area contributed by atoms with Crippen LogP contribution in [0.4, 0.5) is 5.13 Å². The van der Waals surface area contributed by atoms with Gasteiger partial charge in [0.1, 0.15) is 0 Å². The maximum atomic E-state index is 12.5. The fourth-order valence-electron chi connectivity index (χ4n) is 2.93. The van der Waals surface area contributed by atoms with E-state index in [2.05, 4.69) is 27.4 Å². The molecule has 1 aliphatic rings. The van der Waals surface area contributed by atoms with Gasteiger partial charge in [0.15, 0.2) is 10.1 Å². The molecule has 0 saturated heterocycles. The summed E-state index contributed by atoms with van der Waals surface area (Å²) < 4.78 is 1.01. The Morgan fingerprint density at radius 1 is 1.00 bits per heavy atom. The third-order valence-electron chi connectivity index (χ3n) is 4.03. The maximum Gasteiger partial charge on any atom is 0.286 e. The van der Waals surface area contributed by atoms with Gasteiger partial charge in [0, 0.05) is 16.9 Å². The Morgan fingerprint density at radius 3 is 2.75 bits per heavy atom. The van der Waals surface area contributed by atoms with Crippen molar-refractivity contribution in [1.29, 1.82) is 0 Å². The number of anilines is 1. The van der Waals surface area contributed by atoms with Crippen LogP contribution in [0.1, 0.15) is 20.2 Å². The topological polar surface area (TPSA) is 54.9 Å². The minimum Gasteiger partial charge on any atom is -0.296 e. The molecule has 4 nitrogen and oxygen atoms in total. The Bertz CT molecular complexity index is 1060. The summed E-state index contributed by atoms with van der Waals surface area (Å²) in [5, 5.41) is 4.00. The zero-order valence-electron chi connectivity index (χ0n) is 12.4. The minimum absolute atomic E-state index is 0.197. The van der Waals surface area contributed by atoms with Crippen LogP contribution in [0, 0.1) is 0 Å². The number of aromatic nitrogens is 2. The summed E-state index contributed by atoms with van der Waals surface area (Å²) in [6.07, 6.45) is 0.889. The van der Waals surface area contributed by atoms with E-state index in [1.54, 1.807) is 11.3 Å². The van der Waals surface area contributed by atoms with Crippen molar-refractivity contribution in [3.63, 3.8) is 0 Å². The van der Waals surface area contributed by atoms with Crippen LogP contribution in [0.5, 0.6) is 0 Å². The lowest BCUT2D eigenvalue weighted by atomic mass is 10.1. The maximum absolute atomic E-state index is 12.5. The van der Waals surface area contributed by atoms with Gasteiger partial charge < -0.3 is 0 Å². The van der Waals surface area contributed by atoms with E-state index >= 15 is 0 Å². The molecule has 24 heavy (non-hydrogen) atoms. The summed E-state index contributed by atoms with van der Waals surface area (Å²) in [7, 11) is 0. The summed E-state index contributed by atoms with van der Waals surface area (Å²) in [5.41, 5.74) is 4.32. The van der Waals surface area contributed by atoms with Gasteiger partial charge in [0.2, 0.25) is 0 Å². The van der Waals surface area contributed by atoms with E-state index in [1.165, 1.54) is 27.3 Å².